The summed E-state index contributed by atoms with van der Waals surface area (Å²) in [6, 6.07) is 0. The monoisotopic (exact) mass is 387 g/mol. The molecule has 0 aromatic rings. The molecule has 8 nitrogen and oxygen atoms in total. The Labute approximate surface area is 161 Å². The number of carboxylic acid groups (broad SMARTS) is 2. The van der Waals surface area contributed by atoms with Gasteiger partial charge in [-0.2, -0.15) is 0 Å². The molecule has 0 aromatic heterocycles. The predicted molar refractivity (Wildman–Crippen MR) is 97.5 cm³/mol. The van der Waals surface area contributed by atoms with E-state index in [0.717, 1.165) is 31.8 Å². The lowest BCUT2D eigenvalue weighted by Crippen LogP contribution is -2.45. The van der Waals surface area contributed by atoms with Gasteiger partial charge >= 0.3 is 11.9 Å². The van der Waals surface area contributed by atoms with Crippen molar-refractivity contribution < 1.29 is 38.9 Å². The third-order valence-corrected chi connectivity index (χ3v) is 3.76. The fourth-order valence-electron chi connectivity index (χ4n) is 2.65. The number of likely N-dealkylation sites (N-methyl/N-ethyl adjacent to an activating group) is 1. The fourth-order valence-corrected chi connectivity index (χ4v) is 2.65. The van der Waals surface area contributed by atoms with Crippen LogP contribution in [-0.4, -0.2) is 72.5 Å². The lowest BCUT2D eigenvalue weighted by Gasteiger charge is -2.29. The molecular weight excluding hydrogens is 354 g/mol. The van der Waals surface area contributed by atoms with Crippen LogP contribution in [-0.2, 0) is 19.1 Å². The van der Waals surface area contributed by atoms with Crippen molar-refractivity contribution in [3.63, 3.8) is 0 Å². The molecule has 0 aliphatic carbocycles. The molecule has 0 saturated carbocycles. The molecule has 0 radical (unpaired) electrons. The van der Waals surface area contributed by atoms with E-state index in [1.54, 1.807) is 6.08 Å². The minimum absolute atomic E-state index is 0.165. The zero-order chi connectivity index (χ0) is 20.9. The van der Waals surface area contributed by atoms with Gasteiger partial charge in [0.2, 0.25) is 0 Å². The number of aliphatic hydroxyl groups is 1. The first-order chi connectivity index (χ1) is 12.5. The number of hydrogen-bond donors (Lipinski definition) is 2. The number of aliphatic hydroxyl groups excluding tert-OH is 1. The number of carbonyl (C=O) groups is 3. The molecule has 156 valence electrons. The highest BCUT2D eigenvalue weighted by atomic mass is 16.5. The Morgan fingerprint density at radius 3 is 2.26 bits per heavy atom. The Morgan fingerprint density at radius 2 is 1.70 bits per heavy atom. The van der Waals surface area contributed by atoms with Gasteiger partial charge in [0.1, 0.15) is 6.54 Å². The maximum atomic E-state index is 11.9. The van der Waals surface area contributed by atoms with Gasteiger partial charge in [-0.15, -0.1) is 0 Å². The molecule has 2 unspecified atom stereocenters. The van der Waals surface area contributed by atoms with E-state index in [4.69, 9.17) is 9.84 Å². The zero-order valence-electron chi connectivity index (χ0n) is 16.6. The quantitative estimate of drug-likeness (QED) is 0.181. The van der Waals surface area contributed by atoms with Crippen molar-refractivity contribution >= 4 is 17.9 Å². The number of ether oxygens (including phenoxy) is 1. The van der Waals surface area contributed by atoms with Crippen molar-refractivity contribution in [1.82, 2.24) is 0 Å². The Bertz CT molecular complexity index is 497. The third-order valence-electron chi connectivity index (χ3n) is 3.76. The van der Waals surface area contributed by atoms with Crippen LogP contribution in [0.5, 0.6) is 0 Å². The summed E-state index contributed by atoms with van der Waals surface area (Å²) in [6.07, 6.45) is 5.18. The highest BCUT2D eigenvalue weighted by molar-refractivity contribution is 5.79. The average molecular weight is 387 g/mol. The Morgan fingerprint density at radius 1 is 1.07 bits per heavy atom. The van der Waals surface area contributed by atoms with Gasteiger partial charge < -0.3 is 29.3 Å². The maximum absolute atomic E-state index is 11.9. The van der Waals surface area contributed by atoms with E-state index in [1.807, 2.05) is 21.1 Å². The molecular formula is C19H33NO7. The molecule has 0 saturated heterocycles. The molecule has 0 amide bonds. The predicted octanol–water partition coefficient (Wildman–Crippen LogP) is 0.477. The number of rotatable bonds is 15. The van der Waals surface area contributed by atoms with Crippen molar-refractivity contribution in [3.8, 4) is 0 Å². The minimum Gasteiger partial charge on any atom is -0.550 e. The van der Waals surface area contributed by atoms with Crippen molar-refractivity contribution in [2.24, 2.45) is 0 Å². The number of aliphatic carboxylic acids is 2. The number of nitrogens with zero attached hydrogens (tertiary/aromatic N) is 1. The van der Waals surface area contributed by atoms with Crippen molar-refractivity contribution in [2.75, 3.05) is 27.7 Å². The van der Waals surface area contributed by atoms with Crippen molar-refractivity contribution in [3.05, 3.63) is 12.2 Å². The van der Waals surface area contributed by atoms with Crippen LogP contribution in [0.3, 0.4) is 0 Å². The number of unbranched alkanes of at least 4 members (excludes halogenated alkanes) is 4. The zero-order valence-corrected chi connectivity index (χ0v) is 16.6. The second-order valence-electron chi connectivity index (χ2n) is 7.75. The maximum Gasteiger partial charge on any atom is 0.327 e. The summed E-state index contributed by atoms with van der Waals surface area (Å²) in [4.78, 5) is 33.0. The van der Waals surface area contributed by atoms with Gasteiger partial charge in [0, 0.05) is 18.5 Å². The van der Waals surface area contributed by atoms with E-state index in [0.29, 0.717) is 23.9 Å². The molecule has 2 atom stereocenters. The largest absolute Gasteiger partial charge is 0.550 e. The first kappa shape index (κ1) is 25.1. The van der Waals surface area contributed by atoms with Crippen LogP contribution in [0.15, 0.2) is 12.2 Å². The van der Waals surface area contributed by atoms with Gasteiger partial charge in [-0.1, -0.05) is 25.3 Å². The number of allylic oxidation sites excluding steroid dienone is 1. The summed E-state index contributed by atoms with van der Waals surface area (Å²) >= 11 is 0. The van der Waals surface area contributed by atoms with Crippen molar-refractivity contribution in [1.29, 1.82) is 0 Å². The second kappa shape index (κ2) is 13.3. The van der Waals surface area contributed by atoms with E-state index >= 15 is 0 Å². The molecule has 0 bridgehead atoms. The summed E-state index contributed by atoms with van der Waals surface area (Å²) in [5.41, 5.74) is 0. The molecule has 27 heavy (non-hydrogen) atoms. The SMILES string of the molecule is C[N+](C)(C)CC(CC(=O)[O-])OC(=O)CC(O)CCCCCC/C=C/C(=O)O. The average Bonchev–Trinajstić information content (AvgIpc) is 2.46. The van der Waals surface area contributed by atoms with Gasteiger partial charge in [0.15, 0.2) is 6.10 Å². The number of hydrogen-bond acceptors (Lipinski definition) is 6. The summed E-state index contributed by atoms with van der Waals surface area (Å²) in [6.45, 7) is 0.339. The summed E-state index contributed by atoms with van der Waals surface area (Å²) in [5, 5.41) is 29.2. The second-order valence-corrected chi connectivity index (χ2v) is 7.75. The first-order valence-corrected chi connectivity index (χ1v) is 9.27. The highest BCUT2D eigenvalue weighted by Gasteiger charge is 2.23. The lowest BCUT2D eigenvalue weighted by atomic mass is 10.1. The van der Waals surface area contributed by atoms with Crippen LogP contribution >= 0.6 is 0 Å². The lowest BCUT2D eigenvalue weighted by molar-refractivity contribution is -0.873. The molecule has 2 N–H and O–H groups in total. The number of quaternary nitrogens is 1. The molecule has 0 aromatic carbocycles. The van der Waals surface area contributed by atoms with E-state index in [2.05, 4.69) is 0 Å². The van der Waals surface area contributed by atoms with E-state index in [1.165, 1.54) is 0 Å². The fraction of sp³-hybridized carbons (Fsp3) is 0.737. The van der Waals surface area contributed by atoms with Gasteiger partial charge in [0.05, 0.1) is 33.7 Å². The number of esters is 1. The topological polar surface area (TPSA) is 124 Å². The van der Waals surface area contributed by atoms with Crippen molar-refractivity contribution in [2.45, 2.75) is 63.6 Å². The van der Waals surface area contributed by atoms with E-state index in [-0.39, 0.29) is 12.8 Å². The van der Waals surface area contributed by atoms with Crippen LogP contribution in [0.1, 0.15) is 51.4 Å². The number of carboxylic acids is 2. The summed E-state index contributed by atoms with van der Waals surface area (Å²) < 4.78 is 5.65. The van der Waals surface area contributed by atoms with Gasteiger partial charge in [-0.05, 0) is 19.3 Å². The standard InChI is InChI=1S/C19H33NO7/c1-20(2,3)14-16(13-18(24)25)27-19(26)12-15(21)10-8-6-4-5-7-9-11-17(22)23/h9,11,15-16,21H,4-8,10,12-14H2,1-3H3,(H-,22,23,24,25)/b11-9+. The van der Waals surface area contributed by atoms with E-state index < -0.39 is 30.1 Å². The van der Waals surface area contributed by atoms with Crippen LogP contribution in [0.25, 0.3) is 0 Å². The molecule has 0 fully saturated rings. The van der Waals surface area contributed by atoms with Gasteiger partial charge in [0.25, 0.3) is 0 Å². The Hall–Kier alpha value is -1.93. The molecule has 0 aliphatic rings. The molecule has 8 heteroatoms. The Balaban J connectivity index is 4.03. The van der Waals surface area contributed by atoms with Gasteiger partial charge in [-0.25, -0.2) is 4.79 Å². The van der Waals surface area contributed by atoms with Crippen LogP contribution in [0.2, 0.25) is 0 Å². The molecule has 0 heterocycles. The van der Waals surface area contributed by atoms with Crippen LogP contribution in [0, 0.1) is 0 Å². The van der Waals surface area contributed by atoms with Crippen LogP contribution in [0.4, 0.5) is 0 Å². The third kappa shape index (κ3) is 17.3. The normalized spacial score (nSPS) is 14.1. The summed E-state index contributed by atoms with van der Waals surface area (Å²) in [7, 11) is 5.59. The smallest absolute Gasteiger partial charge is 0.327 e. The highest BCUT2D eigenvalue weighted by Crippen LogP contribution is 2.12. The van der Waals surface area contributed by atoms with Gasteiger partial charge in [-0.3, -0.25) is 4.79 Å². The number of carbonyl (C=O) groups excluding carboxylic acids is 2. The Kier molecular flexibility index (Phi) is 12.3. The van der Waals surface area contributed by atoms with Crippen LogP contribution < -0.4 is 5.11 Å². The molecule has 0 aliphatic heterocycles. The summed E-state index contributed by atoms with van der Waals surface area (Å²) in [5.74, 6) is -2.84. The van der Waals surface area contributed by atoms with E-state index in [9.17, 15) is 24.6 Å². The molecule has 0 spiro atoms. The first-order valence-electron chi connectivity index (χ1n) is 9.27. The molecule has 0 rings (SSSR count). The minimum atomic E-state index is -1.28.